The number of carboxylic acid groups (broad SMARTS) is 2. The third kappa shape index (κ3) is 7.51. The lowest BCUT2D eigenvalue weighted by atomic mass is 9.72. The Labute approximate surface area is 122 Å². The molecule has 0 saturated heterocycles. The normalized spacial score (nSPS) is 16.4. The molecule has 0 aromatic carbocycles. The lowest BCUT2D eigenvalue weighted by molar-refractivity contribution is -0.145. The summed E-state index contributed by atoms with van der Waals surface area (Å²) in [7, 11) is 0. The molecule has 4 heteroatoms. The maximum Gasteiger partial charge on any atom is 0.306 e. The number of rotatable bonds is 10. The van der Waals surface area contributed by atoms with Crippen LogP contribution in [0.5, 0.6) is 0 Å². The summed E-state index contributed by atoms with van der Waals surface area (Å²) >= 11 is 0. The molecule has 0 spiro atoms. The number of hydrogen-bond acceptors (Lipinski definition) is 2. The highest BCUT2D eigenvalue weighted by atomic mass is 16.4. The first-order valence-corrected chi connectivity index (χ1v) is 7.53. The van der Waals surface area contributed by atoms with Crippen LogP contribution in [0.25, 0.3) is 0 Å². The predicted octanol–water partition coefficient (Wildman–Crippen LogP) is 4.04. The summed E-state index contributed by atoms with van der Waals surface area (Å²) in [6.45, 7) is 10.1. The summed E-state index contributed by atoms with van der Waals surface area (Å²) < 4.78 is 0. The second kappa shape index (κ2) is 8.28. The molecule has 0 fully saturated rings. The average molecular weight is 286 g/mol. The van der Waals surface area contributed by atoms with Gasteiger partial charge in [0, 0.05) is 6.42 Å². The van der Waals surface area contributed by atoms with Crippen molar-refractivity contribution >= 4 is 11.9 Å². The Kier molecular flexibility index (Phi) is 7.84. The smallest absolute Gasteiger partial charge is 0.306 e. The van der Waals surface area contributed by atoms with Gasteiger partial charge in [0.25, 0.3) is 0 Å². The molecule has 0 heterocycles. The Bertz CT molecular complexity index is 322. The number of aliphatic carboxylic acids is 2. The zero-order valence-corrected chi connectivity index (χ0v) is 13.5. The highest BCUT2D eigenvalue weighted by Gasteiger charge is 2.32. The van der Waals surface area contributed by atoms with Crippen molar-refractivity contribution in [1.82, 2.24) is 0 Å². The molecule has 4 nitrogen and oxygen atoms in total. The summed E-state index contributed by atoms with van der Waals surface area (Å²) in [4.78, 5) is 22.2. The minimum absolute atomic E-state index is 0.0680. The van der Waals surface area contributed by atoms with E-state index in [4.69, 9.17) is 5.11 Å². The van der Waals surface area contributed by atoms with Crippen LogP contribution in [0.2, 0.25) is 0 Å². The fourth-order valence-corrected chi connectivity index (χ4v) is 3.18. The third-order valence-corrected chi connectivity index (χ3v) is 3.94. The molecule has 0 saturated carbocycles. The van der Waals surface area contributed by atoms with Gasteiger partial charge in [-0.2, -0.15) is 0 Å². The van der Waals surface area contributed by atoms with Crippen molar-refractivity contribution in [2.75, 3.05) is 0 Å². The van der Waals surface area contributed by atoms with E-state index in [9.17, 15) is 14.7 Å². The van der Waals surface area contributed by atoms with E-state index in [0.29, 0.717) is 6.42 Å². The second-order valence-electron chi connectivity index (χ2n) is 6.99. The Morgan fingerprint density at radius 2 is 1.65 bits per heavy atom. The minimum atomic E-state index is -0.789. The summed E-state index contributed by atoms with van der Waals surface area (Å²) in [5.41, 5.74) is -0.153. The van der Waals surface area contributed by atoms with Crippen LogP contribution in [0.15, 0.2) is 0 Å². The molecule has 3 atom stereocenters. The fourth-order valence-electron chi connectivity index (χ4n) is 3.18. The van der Waals surface area contributed by atoms with E-state index >= 15 is 0 Å². The van der Waals surface area contributed by atoms with Gasteiger partial charge in [-0.15, -0.1) is 0 Å². The SMILES string of the molecule is CCCC(C)C(CC(C)(C)CC(C)CC(=O)O)C(=O)O. The second-order valence-corrected chi connectivity index (χ2v) is 6.99. The van der Waals surface area contributed by atoms with Crippen molar-refractivity contribution in [2.45, 2.75) is 66.7 Å². The van der Waals surface area contributed by atoms with Gasteiger partial charge >= 0.3 is 11.9 Å². The molecular weight excluding hydrogens is 256 g/mol. The molecular formula is C16H30O4. The van der Waals surface area contributed by atoms with Gasteiger partial charge in [-0.05, 0) is 30.1 Å². The van der Waals surface area contributed by atoms with E-state index in [-0.39, 0.29) is 29.6 Å². The summed E-state index contributed by atoms with van der Waals surface area (Å²) in [6.07, 6.45) is 3.39. The Hall–Kier alpha value is -1.06. The van der Waals surface area contributed by atoms with Crippen molar-refractivity contribution in [3.63, 3.8) is 0 Å². The van der Waals surface area contributed by atoms with Gasteiger partial charge in [0.15, 0.2) is 0 Å². The van der Waals surface area contributed by atoms with Crippen molar-refractivity contribution in [2.24, 2.45) is 23.2 Å². The van der Waals surface area contributed by atoms with Crippen molar-refractivity contribution < 1.29 is 19.8 Å². The number of carboxylic acids is 2. The molecule has 2 N–H and O–H groups in total. The van der Waals surface area contributed by atoms with Crippen LogP contribution in [0.4, 0.5) is 0 Å². The lowest BCUT2D eigenvalue weighted by Crippen LogP contribution is -2.29. The third-order valence-electron chi connectivity index (χ3n) is 3.94. The summed E-state index contributed by atoms with van der Waals surface area (Å²) in [5, 5.41) is 18.2. The maximum atomic E-state index is 11.5. The molecule has 0 aliphatic carbocycles. The Balaban J connectivity index is 4.66. The molecule has 0 aliphatic heterocycles. The van der Waals surface area contributed by atoms with E-state index in [1.54, 1.807) is 0 Å². The van der Waals surface area contributed by atoms with Crippen LogP contribution in [0.3, 0.4) is 0 Å². The highest BCUT2D eigenvalue weighted by molar-refractivity contribution is 5.70. The van der Waals surface area contributed by atoms with Gasteiger partial charge in [-0.3, -0.25) is 9.59 Å². The number of hydrogen-bond donors (Lipinski definition) is 2. The minimum Gasteiger partial charge on any atom is -0.481 e. The van der Waals surface area contributed by atoms with Gasteiger partial charge in [0.1, 0.15) is 0 Å². The molecule has 20 heavy (non-hydrogen) atoms. The lowest BCUT2D eigenvalue weighted by Gasteiger charge is -2.32. The largest absolute Gasteiger partial charge is 0.481 e. The van der Waals surface area contributed by atoms with E-state index in [1.807, 2.05) is 27.7 Å². The van der Waals surface area contributed by atoms with Crippen LogP contribution in [0, 0.1) is 23.2 Å². The zero-order valence-electron chi connectivity index (χ0n) is 13.5. The predicted molar refractivity (Wildman–Crippen MR) is 79.6 cm³/mol. The number of carbonyl (C=O) groups is 2. The zero-order chi connectivity index (χ0) is 15.9. The van der Waals surface area contributed by atoms with Crippen molar-refractivity contribution in [3.05, 3.63) is 0 Å². The first-order valence-electron chi connectivity index (χ1n) is 7.53. The molecule has 0 rings (SSSR count). The average Bonchev–Trinajstić information content (AvgIpc) is 2.23. The van der Waals surface area contributed by atoms with Crippen LogP contribution in [-0.2, 0) is 9.59 Å². The van der Waals surface area contributed by atoms with Crippen LogP contribution >= 0.6 is 0 Å². The highest BCUT2D eigenvalue weighted by Crippen LogP contribution is 2.37. The molecule has 0 aromatic heterocycles. The van der Waals surface area contributed by atoms with Gasteiger partial charge < -0.3 is 10.2 Å². The van der Waals surface area contributed by atoms with E-state index in [0.717, 1.165) is 19.3 Å². The van der Waals surface area contributed by atoms with E-state index in [1.165, 1.54) is 0 Å². The van der Waals surface area contributed by atoms with Crippen LogP contribution in [0.1, 0.15) is 66.7 Å². The van der Waals surface area contributed by atoms with Crippen LogP contribution < -0.4 is 0 Å². The Morgan fingerprint density at radius 1 is 1.10 bits per heavy atom. The summed E-state index contributed by atoms with van der Waals surface area (Å²) in [6, 6.07) is 0. The molecule has 0 radical (unpaired) electrons. The Morgan fingerprint density at radius 3 is 2.05 bits per heavy atom. The molecule has 3 unspecified atom stereocenters. The monoisotopic (exact) mass is 286 g/mol. The first kappa shape index (κ1) is 18.9. The quantitative estimate of drug-likeness (QED) is 0.635. The molecule has 0 amide bonds. The van der Waals surface area contributed by atoms with E-state index < -0.39 is 11.9 Å². The summed E-state index contributed by atoms with van der Waals surface area (Å²) in [5.74, 6) is -1.64. The fraction of sp³-hybridized carbons (Fsp3) is 0.875. The van der Waals surface area contributed by atoms with Gasteiger partial charge in [0.05, 0.1) is 5.92 Å². The standard InChI is InChI=1S/C16H30O4/c1-6-7-12(3)13(15(19)20)10-16(4,5)9-11(2)8-14(17)18/h11-13H,6-10H2,1-5H3,(H,17,18)(H,19,20). The molecule has 0 bridgehead atoms. The van der Waals surface area contributed by atoms with Crippen LogP contribution in [-0.4, -0.2) is 22.2 Å². The van der Waals surface area contributed by atoms with Crippen molar-refractivity contribution in [3.8, 4) is 0 Å². The van der Waals surface area contributed by atoms with Gasteiger partial charge in [-0.1, -0.05) is 47.5 Å². The molecule has 118 valence electrons. The first-order chi connectivity index (χ1) is 9.09. The van der Waals surface area contributed by atoms with Gasteiger partial charge in [0.2, 0.25) is 0 Å². The maximum absolute atomic E-state index is 11.5. The van der Waals surface area contributed by atoms with Gasteiger partial charge in [-0.25, -0.2) is 0 Å². The van der Waals surface area contributed by atoms with Crippen molar-refractivity contribution in [1.29, 1.82) is 0 Å². The van der Waals surface area contributed by atoms with E-state index in [2.05, 4.69) is 6.92 Å². The molecule has 0 aromatic rings. The topological polar surface area (TPSA) is 74.6 Å². The molecule has 0 aliphatic rings.